The maximum atomic E-state index is 12.7. The zero-order valence-corrected chi connectivity index (χ0v) is 14.9. The lowest BCUT2D eigenvalue weighted by atomic mass is 10.1. The van der Waals surface area contributed by atoms with E-state index in [2.05, 4.69) is 5.32 Å². The van der Waals surface area contributed by atoms with Gasteiger partial charge in [-0.05, 0) is 48.9 Å². The van der Waals surface area contributed by atoms with Gasteiger partial charge in [-0.3, -0.25) is 4.79 Å². The molecule has 1 N–H and O–H groups in total. The molecular formula is C19H14ClF3N2O2. The molecule has 2 aromatic carbocycles. The number of rotatable bonds is 5. The number of carbonyl (C=O) groups excluding carboxylic acids is 1. The molecule has 0 aromatic heterocycles. The van der Waals surface area contributed by atoms with E-state index < -0.39 is 17.6 Å². The molecule has 0 unspecified atom stereocenters. The summed E-state index contributed by atoms with van der Waals surface area (Å²) in [5.41, 5.74) is -0.784. The smallest absolute Gasteiger partial charge is 0.416 e. The van der Waals surface area contributed by atoms with Gasteiger partial charge in [0.25, 0.3) is 5.91 Å². The van der Waals surface area contributed by atoms with E-state index in [1.807, 2.05) is 0 Å². The molecule has 1 amide bonds. The first-order valence-corrected chi connectivity index (χ1v) is 8.15. The van der Waals surface area contributed by atoms with Crippen LogP contribution in [0, 0.1) is 11.3 Å². The number of carbonyl (C=O) groups is 1. The zero-order valence-electron chi connectivity index (χ0n) is 14.1. The summed E-state index contributed by atoms with van der Waals surface area (Å²) < 4.78 is 43.5. The number of anilines is 1. The molecule has 0 bridgehead atoms. The van der Waals surface area contributed by atoms with Crippen molar-refractivity contribution >= 4 is 29.3 Å². The average Bonchev–Trinajstić information content (AvgIpc) is 2.61. The second-order valence-electron chi connectivity index (χ2n) is 5.33. The van der Waals surface area contributed by atoms with Gasteiger partial charge in [-0.25, -0.2) is 0 Å². The summed E-state index contributed by atoms with van der Waals surface area (Å²) in [7, 11) is 0. The number of nitriles is 1. The van der Waals surface area contributed by atoms with Crippen LogP contribution in [0.5, 0.6) is 5.75 Å². The van der Waals surface area contributed by atoms with Gasteiger partial charge in [0.1, 0.15) is 17.4 Å². The van der Waals surface area contributed by atoms with Crippen LogP contribution in [0.15, 0.2) is 48.0 Å². The Bertz CT molecular complexity index is 918. The van der Waals surface area contributed by atoms with Gasteiger partial charge in [-0.2, -0.15) is 18.4 Å². The van der Waals surface area contributed by atoms with E-state index in [4.69, 9.17) is 16.3 Å². The van der Waals surface area contributed by atoms with Crippen LogP contribution in [-0.4, -0.2) is 12.5 Å². The molecule has 2 aromatic rings. The zero-order chi connectivity index (χ0) is 20.0. The van der Waals surface area contributed by atoms with Crippen molar-refractivity contribution in [3.8, 4) is 11.8 Å². The molecule has 0 atom stereocenters. The van der Waals surface area contributed by atoms with E-state index in [-0.39, 0.29) is 11.3 Å². The van der Waals surface area contributed by atoms with Crippen LogP contribution in [0.3, 0.4) is 0 Å². The quantitative estimate of drug-likeness (QED) is 0.552. The molecule has 140 valence electrons. The molecule has 0 heterocycles. The molecule has 0 aliphatic rings. The standard InChI is InChI=1S/C19H14ClF3N2O2/c1-2-27-17-7-6-12(9-16(17)20)8-13(11-24)18(26)25-15-5-3-4-14(10-15)19(21,22)23/h3-10H,2H2,1H3,(H,25,26)/b13-8+. The van der Waals surface area contributed by atoms with Crippen molar-refractivity contribution in [1.29, 1.82) is 5.26 Å². The number of halogens is 4. The summed E-state index contributed by atoms with van der Waals surface area (Å²) in [5, 5.41) is 11.8. The number of benzene rings is 2. The predicted molar refractivity (Wildman–Crippen MR) is 96.3 cm³/mol. The van der Waals surface area contributed by atoms with Crippen molar-refractivity contribution in [2.45, 2.75) is 13.1 Å². The van der Waals surface area contributed by atoms with Gasteiger partial charge in [0.15, 0.2) is 0 Å². The van der Waals surface area contributed by atoms with Crippen LogP contribution in [0.2, 0.25) is 5.02 Å². The molecule has 0 saturated carbocycles. The second-order valence-corrected chi connectivity index (χ2v) is 5.73. The number of ether oxygens (including phenoxy) is 1. The van der Waals surface area contributed by atoms with E-state index in [9.17, 15) is 23.2 Å². The molecule has 0 saturated heterocycles. The van der Waals surface area contributed by atoms with Crippen LogP contribution in [0.25, 0.3) is 6.08 Å². The Morgan fingerprint density at radius 2 is 2.04 bits per heavy atom. The van der Waals surface area contributed by atoms with Crippen molar-refractivity contribution in [3.63, 3.8) is 0 Å². The van der Waals surface area contributed by atoms with E-state index in [0.29, 0.717) is 22.9 Å². The van der Waals surface area contributed by atoms with Crippen molar-refractivity contribution in [3.05, 3.63) is 64.2 Å². The highest BCUT2D eigenvalue weighted by Gasteiger charge is 2.30. The van der Waals surface area contributed by atoms with Gasteiger partial charge >= 0.3 is 6.18 Å². The Hall–Kier alpha value is -2.98. The molecule has 4 nitrogen and oxygen atoms in total. The minimum absolute atomic E-state index is 0.0688. The van der Waals surface area contributed by atoms with Crippen molar-refractivity contribution in [2.75, 3.05) is 11.9 Å². The molecule has 8 heteroatoms. The van der Waals surface area contributed by atoms with E-state index in [0.717, 1.165) is 12.1 Å². The minimum atomic E-state index is -4.53. The van der Waals surface area contributed by atoms with E-state index in [1.165, 1.54) is 24.3 Å². The molecule has 0 aliphatic heterocycles. The molecular weight excluding hydrogens is 381 g/mol. The Balaban J connectivity index is 2.22. The minimum Gasteiger partial charge on any atom is -0.492 e. The number of amides is 1. The third-order valence-electron chi connectivity index (χ3n) is 3.38. The number of hydrogen-bond acceptors (Lipinski definition) is 3. The summed E-state index contributed by atoms with van der Waals surface area (Å²) >= 11 is 6.06. The highest BCUT2D eigenvalue weighted by Crippen LogP contribution is 2.31. The summed E-state index contributed by atoms with van der Waals surface area (Å²) in [5.74, 6) is -0.370. The van der Waals surface area contributed by atoms with E-state index >= 15 is 0 Å². The number of alkyl halides is 3. The Kier molecular flexibility index (Phi) is 6.48. The monoisotopic (exact) mass is 394 g/mol. The van der Waals surface area contributed by atoms with Crippen LogP contribution >= 0.6 is 11.6 Å². The topological polar surface area (TPSA) is 62.1 Å². The van der Waals surface area contributed by atoms with Gasteiger partial charge in [0, 0.05) is 5.69 Å². The summed E-state index contributed by atoms with van der Waals surface area (Å²) in [6.45, 7) is 2.23. The summed E-state index contributed by atoms with van der Waals surface area (Å²) in [4.78, 5) is 12.2. The molecule has 27 heavy (non-hydrogen) atoms. The lowest BCUT2D eigenvalue weighted by Gasteiger charge is -2.10. The first-order chi connectivity index (χ1) is 12.7. The highest BCUT2D eigenvalue weighted by molar-refractivity contribution is 6.32. The third kappa shape index (κ3) is 5.50. The lowest BCUT2D eigenvalue weighted by molar-refractivity contribution is -0.137. The van der Waals surface area contributed by atoms with Gasteiger partial charge in [-0.15, -0.1) is 0 Å². The largest absolute Gasteiger partial charge is 0.492 e. The molecule has 0 radical (unpaired) electrons. The SMILES string of the molecule is CCOc1ccc(/C=C(\C#N)C(=O)Nc2cccc(C(F)(F)F)c2)cc1Cl. The number of nitrogens with one attached hydrogen (secondary N) is 1. The fourth-order valence-corrected chi connectivity index (χ4v) is 2.41. The fraction of sp³-hybridized carbons (Fsp3) is 0.158. The number of hydrogen-bond donors (Lipinski definition) is 1. The van der Waals surface area contributed by atoms with Crippen LogP contribution in [-0.2, 0) is 11.0 Å². The van der Waals surface area contributed by atoms with Crippen molar-refractivity contribution in [2.24, 2.45) is 0 Å². The first kappa shape index (κ1) is 20.3. The van der Waals surface area contributed by atoms with Crippen LogP contribution in [0.1, 0.15) is 18.1 Å². The molecule has 0 fully saturated rings. The Labute approximate surface area is 158 Å². The van der Waals surface area contributed by atoms with Crippen molar-refractivity contribution < 1.29 is 22.7 Å². The third-order valence-corrected chi connectivity index (χ3v) is 3.67. The summed E-state index contributed by atoms with van der Waals surface area (Å²) in [6, 6.07) is 10.6. The van der Waals surface area contributed by atoms with Crippen LogP contribution in [0.4, 0.5) is 18.9 Å². The summed E-state index contributed by atoms with van der Waals surface area (Å²) in [6.07, 6.45) is -3.25. The Morgan fingerprint density at radius 1 is 1.30 bits per heavy atom. The molecule has 0 aliphatic carbocycles. The highest BCUT2D eigenvalue weighted by atomic mass is 35.5. The average molecular weight is 395 g/mol. The van der Waals surface area contributed by atoms with Gasteiger partial charge < -0.3 is 10.1 Å². The second kappa shape index (κ2) is 8.60. The van der Waals surface area contributed by atoms with Gasteiger partial charge in [0.2, 0.25) is 0 Å². The maximum absolute atomic E-state index is 12.7. The Morgan fingerprint density at radius 3 is 2.63 bits per heavy atom. The van der Waals surface area contributed by atoms with Gasteiger partial charge in [-0.1, -0.05) is 23.7 Å². The van der Waals surface area contributed by atoms with E-state index in [1.54, 1.807) is 25.1 Å². The fourth-order valence-electron chi connectivity index (χ4n) is 2.17. The van der Waals surface area contributed by atoms with Gasteiger partial charge in [0.05, 0.1) is 17.2 Å². The molecule has 2 rings (SSSR count). The van der Waals surface area contributed by atoms with Crippen molar-refractivity contribution in [1.82, 2.24) is 0 Å². The normalized spacial score (nSPS) is 11.6. The lowest BCUT2D eigenvalue weighted by Crippen LogP contribution is -2.14. The number of nitrogens with zero attached hydrogens (tertiary/aromatic N) is 1. The van der Waals surface area contributed by atoms with Crippen LogP contribution < -0.4 is 10.1 Å². The first-order valence-electron chi connectivity index (χ1n) is 7.77. The maximum Gasteiger partial charge on any atom is 0.416 e. The predicted octanol–water partition coefficient (Wildman–Crippen LogP) is 5.30. The molecule has 0 spiro atoms.